The number of nitrogen functional groups attached to an aromatic ring is 1. The van der Waals surface area contributed by atoms with Crippen molar-refractivity contribution in [3.8, 4) is 17.7 Å². The van der Waals surface area contributed by atoms with Gasteiger partial charge in [0.1, 0.15) is 17.1 Å². The Bertz CT molecular complexity index is 1040. The van der Waals surface area contributed by atoms with E-state index in [9.17, 15) is 9.90 Å². The summed E-state index contributed by atoms with van der Waals surface area (Å²) in [7, 11) is 0. The molecule has 0 spiro atoms. The molecule has 0 saturated heterocycles. The highest BCUT2D eigenvalue weighted by Gasteiger charge is 2.16. The molecule has 0 aliphatic carbocycles. The smallest absolute Gasteiger partial charge is 0.250 e. The number of pyridine rings is 1. The summed E-state index contributed by atoms with van der Waals surface area (Å²) in [5, 5.41) is 10.3. The van der Waals surface area contributed by atoms with Crippen LogP contribution in [0, 0.1) is 11.8 Å². The summed E-state index contributed by atoms with van der Waals surface area (Å²) >= 11 is 0. The number of hydrogen-bond donors (Lipinski definition) is 3. The van der Waals surface area contributed by atoms with Crippen molar-refractivity contribution in [1.29, 1.82) is 0 Å². The molecule has 3 rings (SSSR count). The van der Waals surface area contributed by atoms with Crippen LogP contribution in [0.25, 0.3) is 16.7 Å². The van der Waals surface area contributed by atoms with Crippen LogP contribution in [0.1, 0.15) is 29.9 Å². The fraction of sp³-hybridized carbons (Fsp3) is 0.176. The standard InChI is InChI=1S/C17H16N6O2/c1-17(2,25)5-3-10-7-13-11(8-21-10)12(15(18)24)9-23(13)14-4-6-20-16(19)22-14/h4,6-9,25H,1-2H3,(H2,18,24)(H2,19,20,22). The molecule has 5 N–H and O–H groups in total. The Hall–Kier alpha value is -3.44. The molecule has 0 aliphatic heterocycles. The van der Waals surface area contributed by atoms with Gasteiger partial charge in [0.25, 0.3) is 5.91 Å². The molecule has 0 unspecified atom stereocenters. The second kappa shape index (κ2) is 5.89. The third-order valence-corrected chi connectivity index (χ3v) is 3.36. The van der Waals surface area contributed by atoms with Crippen LogP contribution < -0.4 is 11.5 Å². The van der Waals surface area contributed by atoms with E-state index in [1.807, 2.05) is 0 Å². The Morgan fingerprint density at radius 3 is 2.76 bits per heavy atom. The normalized spacial score (nSPS) is 11.2. The maximum Gasteiger partial charge on any atom is 0.250 e. The minimum absolute atomic E-state index is 0.107. The van der Waals surface area contributed by atoms with Crippen LogP contribution >= 0.6 is 0 Å². The SMILES string of the molecule is CC(C)(O)C#Cc1cc2c(cn1)c(C(N)=O)cn2-c1ccnc(N)n1. The van der Waals surface area contributed by atoms with Crippen molar-refractivity contribution in [2.75, 3.05) is 5.73 Å². The monoisotopic (exact) mass is 336 g/mol. The lowest BCUT2D eigenvalue weighted by molar-refractivity contribution is 0.100. The van der Waals surface area contributed by atoms with Crippen molar-refractivity contribution in [3.05, 3.63) is 42.0 Å². The predicted octanol–water partition coefficient (Wildman–Crippen LogP) is 0.619. The minimum Gasteiger partial charge on any atom is -0.378 e. The Morgan fingerprint density at radius 2 is 2.12 bits per heavy atom. The number of aliphatic hydroxyl groups is 1. The van der Waals surface area contributed by atoms with Crippen molar-refractivity contribution in [2.45, 2.75) is 19.4 Å². The number of nitrogens with two attached hydrogens (primary N) is 2. The van der Waals surface area contributed by atoms with Crippen molar-refractivity contribution < 1.29 is 9.90 Å². The van der Waals surface area contributed by atoms with Gasteiger partial charge < -0.3 is 21.1 Å². The maximum atomic E-state index is 11.7. The minimum atomic E-state index is -1.14. The molecule has 0 saturated carbocycles. The van der Waals surface area contributed by atoms with E-state index in [1.165, 1.54) is 12.4 Å². The molecule has 0 atom stereocenters. The molecule has 0 radical (unpaired) electrons. The molecule has 25 heavy (non-hydrogen) atoms. The summed E-state index contributed by atoms with van der Waals surface area (Å²) in [5.74, 6) is 5.52. The topological polar surface area (TPSA) is 133 Å². The molecule has 3 aromatic heterocycles. The van der Waals surface area contributed by atoms with Crippen LogP contribution in [0.15, 0.2) is 30.7 Å². The van der Waals surface area contributed by atoms with Gasteiger partial charge in [-0.2, -0.15) is 4.98 Å². The third kappa shape index (κ3) is 3.41. The van der Waals surface area contributed by atoms with Gasteiger partial charge in [0.2, 0.25) is 5.95 Å². The highest BCUT2D eigenvalue weighted by Crippen LogP contribution is 2.24. The number of nitrogens with zero attached hydrogens (tertiary/aromatic N) is 4. The molecule has 8 heteroatoms. The zero-order valence-corrected chi connectivity index (χ0v) is 13.7. The molecule has 0 aliphatic rings. The molecule has 3 aromatic rings. The molecule has 0 bridgehead atoms. The van der Waals surface area contributed by atoms with Crippen molar-refractivity contribution in [1.82, 2.24) is 19.5 Å². The molecule has 1 amide bonds. The molecule has 8 nitrogen and oxygen atoms in total. The van der Waals surface area contributed by atoms with Gasteiger partial charge in [-0.15, -0.1) is 0 Å². The highest BCUT2D eigenvalue weighted by molar-refractivity contribution is 6.06. The molecular weight excluding hydrogens is 320 g/mol. The number of rotatable bonds is 2. The van der Waals surface area contributed by atoms with Crippen molar-refractivity contribution >= 4 is 22.8 Å². The third-order valence-electron chi connectivity index (χ3n) is 3.36. The molecule has 126 valence electrons. The van der Waals surface area contributed by atoms with Crippen LogP contribution in [0.3, 0.4) is 0 Å². The lowest BCUT2D eigenvalue weighted by Crippen LogP contribution is -2.14. The number of primary amides is 1. The van der Waals surface area contributed by atoms with Gasteiger partial charge >= 0.3 is 0 Å². The van der Waals surface area contributed by atoms with Crippen molar-refractivity contribution in [3.63, 3.8) is 0 Å². The molecule has 0 aromatic carbocycles. The number of hydrogen-bond acceptors (Lipinski definition) is 6. The molecular formula is C17H16N6O2. The molecule has 0 fully saturated rings. The largest absolute Gasteiger partial charge is 0.378 e. The average molecular weight is 336 g/mol. The van der Waals surface area contributed by atoms with Gasteiger partial charge in [0.15, 0.2) is 0 Å². The average Bonchev–Trinajstić information content (AvgIpc) is 2.91. The fourth-order valence-electron chi connectivity index (χ4n) is 2.29. The number of fused-ring (bicyclic) bond motifs is 1. The van der Waals surface area contributed by atoms with E-state index in [-0.39, 0.29) is 5.95 Å². The van der Waals surface area contributed by atoms with Crippen LogP contribution in [-0.4, -0.2) is 36.1 Å². The van der Waals surface area contributed by atoms with Gasteiger partial charge in [-0.1, -0.05) is 5.92 Å². The quantitative estimate of drug-likeness (QED) is 0.588. The maximum absolute atomic E-state index is 11.7. The van der Waals surface area contributed by atoms with Gasteiger partial charge in [-0.25, -0.2) is 9.97 Å². The number of anilines is 1. The summed E-state index contributed by atoms with van der Waals surface area (Å²) in [6.45, 7) is 3.16. The summed E-state index contributed by atoms with van der Waals surface area (Å²) < 4.78 is 1.67. The first-order valence-electron chi connectivity index (χ1n) is 7.40. The first kappa shape index (κ1) is 16.4. The van der Waals surface area contributed by atoms with Gasteiger partial charge in [0.05, 0.1) is 11.1 Å². The lowest BCUT2D eigenvalue weighted by Gasteiger charge is -2.06. The van der Waals surface area contributed by atoms with Crippen molar-refractivity contribution in [2.24, 2.45) is 5.73 Å². The zero-order chi connectivity index (χ0) is 18.2. The zero-order valence-electron chi connectivity index (χ0n) is 13.7. The Morgan fingerprint density at radius 1 is 1.36 bits per heavy atom. The first-order valence-corrected chi connectivity index (χ1v) is 7.40. The molecule has 3 heterocycles. The Labute approximate surface area is 143 Å². The highest BCUT2D eigenvalue weighted by atomic mass is 16.3. The van der Waals surface area contributed by atoms with E-state index in [1.54, 1.807) is 36.7 Å². The first-order chi connectivity index (χ1) is 11.7. The van der Waals surface area contributed by atoms with E-state index >= 15 is 0 Å². The number of amides is 1. The predicted molar refractivity (Wildman–Crippen MR) is 92.8 cm³/mol. The summed E-state index contributed by atoms with van der Waals surface area (Å²) in [6, 6.07) is 3.35. The lowest BCUT2D eigenvalue weighted by atomic mass is 10.1. The number of carbonyl (C=O) groups excluding carboxylic acids is 1. The Balaban J connectivity index is 2.24. The second-order valence-electron chi connectivity index (χ2n) is 5.95. The van der Waals surface area contributed by atoms with Gasteiger partial charge in [-0.05, 0) is 31.9 Å². The van der Waals surface area contributed by atoms with E-state index in [2.05, 4.69) is 26.8 Å². The van der Waals surface area contributed by atoms with Crippen LogP contribution in [-0.2, 0) is 0 Å². The van der Waals surface area contributed by atoms with Crippen LogP contribution in [0.2, 0.25) is 0 Å². The van der Waals surface area contributed by atoms with E-state index in [0.29, 0.717) is 28.0 Å². The van der Waals surface area contributed by atoms with Crippen LogP contribution in [0.4, 0.5) is 5.95 Å². The van der Waals surface area contributed by atoms with E-state index < -0.39 is 11.5 Å². The van der Waals surface area contributed by atoms with E-state index in [4.69, 9.17) is 11.5 Å². The van der Waals surface area contributed by atoms with E-state index in [0.717, 1.165) is 0 Å². The number of carbonyl (C=O) groups is 1. The van der Waals surface area contributed by atoms with Gasteiger partial charge in [-0.3, -0.25) is 4.79 Å². The summed E-state index contributed by atoms with van der Waals surface area (Å²) in [4.78, 5) is 24.0. The van der Waals surface area contributed by atoms with Crippen LogP contribution in [0.5, 0.6) is 0 Å². The van der Waals surface area contributed by atoms with Gasteiger partial charge in [0, 0.05) is 24.0 Å². The summed E-state index contributed by atoms with van der Waals surface area (Å²) in [6.07, 6.45) is 4.61. The number of aromatic nitrogens is 4. The summed E-state index contributed by atoms with van der Waals surface area (Å²) in [5.41, 5.74) is 11.3. The second-order valence-corrected chi connectivity index (χ2v) is 5.95. The Kier molecular flexibility index (Phi) is 3.87. The fourth-order valence-corrected chi connectivity index (χ4v) is 2.29.